The zero-order chi connectivity index (χ0) is 15.5. The zero-order valence-electron chi connectivity index (χ0n) is 12.0. The third kappa shape index (κ3) is 3.68. The molecular formula is C17H17ClN2O. The van der Waals surface area contributed by atoms with Crippen LogP contribution in [0, 0.1) is 11.3 Å². The Hall–Kier alpha value is -2.18. The molecule has 0 bridgehead atoms. The molecule has 108 valence electrons. The number of halogens is 1. The Bertz CT molecular complexity index is 672. The second-order valence-corrected chi connectivity index (χ2v) is 5.88. The average molecular weight is 301 g/mol. The maximum Gasteiger partial charge on any atom is 0.120 e. The van der Waals surface area contributed by atoms with Gasteiger partial charge in [-0.2, -0.15) is 5.26 Å². The summed E-state index contributed by atoms with van der Waals surface area (Å²) in [5.74, 6) is 0.217. The van der Waals surface area contributed by atoms with Crippen molar-refractivity contribution in [2.75, 3.05) is 5.32 Å². The molecule has 4 heteroatoms. The number of phenolic OH excluding ortho intramolecular Hbond substituents is 1. The van der Waals surface area contributed by atoms with Crippen molar-refractivity contribution in [3.05, 3.63) is 58.6 Å². The molecule has 0 radical (unpaired) electrons. The molecule has 0 aliphatic rings. The minimum Gasteiger partial charge on any atom is -0.508 e. The molecule has 2 aromatic rings. The summed E-state index contributed by atoms with van der Waals surface area (Å²) in [5, 5.41) is 22.7. The molecule has 0 heterocycles. The molecule has 0 spiro atoms. The topological polar surface area (TPSA) is 56.0 Å². The second-order valence-electron chi connectivity index (χ2n) is 5.44. The fourth-order valence-corrected chi connectivity index (χ4v) is 2.16. The number of anilines is 1. The summed E-state index contributed by atoms with van der Waals surface area (Å²) in [7, 11) is 0. The van der Waals surface area contributed by atoms with Gasteiger partial charge in [0.15, 0.2) is 0 Å². The summed E-state index contributed by atoms with van der Waals surface area (Å²) in [4.78, 5) is 0. The van der Waals surface area contributed by atoms with E-state index in [9.17, 15) is 5.11 Å². The first-order valence-electron chi connectivity index (χ1n) is 6.65. The van der Waals surface area contributed by atoms with Gasteiger partial charge in [0.1, 0.15) is 5.75 Å². The fourth-order valence-electron chi connectivity index (χ4n) is 1.96. The molecule has 0 aliphatic heterocycles. The number of rotatable bonds is 4. The molecule has 3 nitrogen and oxygen atoms in total. The highest BCUT2D eigenvalue weighted by molar-refractivity contribution is 6.30. The largest absolute Gasteiger partial charge is 0.508 e. The van der Waals surface area contributed by atoms with Gasteiger partial charge in [-0.25, -0.2) is 0 Å². The van der Waals surface area contributed by atoms with Crippen molar-refractivity contribution in [2.45, 2.75) is 25.8 Å². The van der Waals surface area contributed by atoms with E-state index in [4.69, 9.17) is 16.9 Å². The number of nitrogens with zero attached hydrogens (tertiary/aromatic N) is 1. The van der Waals surface area contributed by atoms with E-state index in [1.165, 1.54) is 0 Å². The van der Waals surface area contributed by atoms with Gasteiger partial charge in [-0.05, 0) is 49.7 Å². The predicted molar refractivity (Wildman–Crippen MR) is 85.5 cm³/mol. The lowest BCUT2D eigenvalue weighted by atomic mass is 9.86. The van der Waals surface area contributed by atoms with Crippen LogP contribution in [0.4, 0.5) is 5.69 Å². The molecule has 0 aromatic heterocycles. The molecule has 0 aliphatic carbocycles. The van der Waals surface area contributed by atoms with Crippen LogP contribution in [-0.2, 0) is 12.0 Å². The number of nitrogens with one attached hydrogen (secondary N) is 1. The summed E-state index contributed by atoms with van der Waals surface area (Å²) in [5.41, 5.74) is 2.14. The van der Waals surface area contributed by atoms with Crippen molar-refractivity contribution in [1.29, 1.82) is 5.26 Å². The lowest BCUT2D eigenvalue weighted by molar-refractivity contribution is 0.469. The first-order chi connectivity index (χ1) is 9.92. The van der Waals surface area contributed by atoms with Crippen molar-refractivity contribution < 1.29 is 5.11 Å². The van der Waals surface area contributed by atoms with Gasteiger partial charge < -0.3 is 10.4 Å². The van der Waals surface area contributed by atoms with Gasteiger partial charge in [0.05, 0.1) is 11.5 Å². The van der Waals surface area contributed by atoms with Crippen LogP contribution in [0.1, 0.15) is 25.0 Å². The van der Waals surface area contributed by atoms with E-state index >= 15 is 0 Å². The van der Waals surface area contributed by atoms with Crippen molar-refractivity contribution >= 4 is 17.3 Å². The molecule has 2 rings (SSSR count). The van der Waals surface area contributed by atoms with Crippen molar-refractivity contribution in [1.82, 2.24) is 0 Å². The van der Waals surface area contributed by atoms with Gasteiger partial charge in [-0.1, -0.05) is 23.7 Å². The summed E-state index contributed by atoms with van der Waals surface area (Å²) in [6.45, 7) is 4.26. The van der Waals surface area contributed by atoms with Crippen molar-refractivity contribution in [3.63, 3.8) is 0 Å². The smallest absolute Gasteiger partial charge is 0.120 e. The molecule has 2 N–H and O–H groups in total. The molecule has 0 amide bonds. The molecule has 0 saturated carbocycles. The number of hydrogen-bond acceptors (Lipinski definition) is 3. The molecule has 0 unspecified atom stereocenters. The number of aromatic hydroxyl groups is 1. The van der Waals surface area contributed by atoms with Gasteiger partial charge in [0, 0.05) is 22.8 Å². The highest BCUT2D eigenvalue weighted by Gasteiger charge is 2.19. The maximum atomic E-state index is 9.76. The van der Waals surface area contributed by atoms with E-state index in [0.717, 1.165) is 16.8 Å². The normalized spacial score (nSPS) is 11.0. The van der Waals surface area contributed by atoms with Crippen LogP contribution in [0.25, 0.3) is 0 Å². The van der Waals surface area contributed by atoms with Crippen LogP contribution in [0.5, 0.6) is 5.75 Å². The third-order valence-electron chi connectivity index (χ3n) is 3.41. The standard InChI is InChI=1S/C17H17ClN2O/c1-17(2,11-19)13-3-6-15(7-4-13)20-10-12-9-14(18)5-8-16(12)21/h3-9,20-21H,10H2,1-2H3. The third-order valence-corrected chi connectivity index (χ3v) is 3.65. The SMILES string of the molecule is CC(C)(C#N)c1ccc(NCc2cc(Cl)ccc2O)cc1. The average Bonchev–Trinajstić information content (AvgIpc) is 2.48. The van der Waals surface area contributed by atoms with E-state index in [0.29, 0.717) is 11.6 Å². The Balaban J connectivity index is 2.08. The number of phenols is 1. The first kappa shape index (κ1) is 15.2. The summed E-state index contributed by atoms with van der Waals surface area (Å²) in [6, 6.07) is 15.0. The lowest BCUT2D eigenvalue weighted by Gasteiger charge is -2.16. The number of nitriles is 1. The van der Waals surface area contributed by atoms with E-state index in [1.807, 2.05) is 38.1 Å². The molecule has 21 heavy (non-hydrogen) atoms. The fraction of sp³-hybridized carbons (Fsp3) is 0.235. The Labute approximate surface area is 129 Å². The van der Waals surface area contributed by atoms with Gasteiger partial charge >= 0.3 is 0 Å². The van der Waals surface area contributed by atoms with E-state index in [2.05, 4.69) is 11.4 Å². The Kier molecular flexibility index (Phi) is 4.40. The molecule has 0 atom stereocenters. The highest BCUT2D eigenvalue weighted by atomic mass is 35.5. The molecule has 0 fully saturated rings. The highest BCUT2D eigenvalue weighted by Crippen LogP contribution is 2.25. The van der Waals surface area contributed by atoms with Crippen LogP contribution in [0.3, 0.4) is 0 Å². The minimum absolute atomic E-state index is 0.217. The lowest BCUT2D eigenvalue weighted by Crippen LogP contribution is -2.13. The maximum absolute atomic E-state index is 9.76. The Morgan fingerprint density at radius 2 is 1.86 bits per heavy atom. The van der Waals surface area contributed by atoms with Crippen LogP contribution in [0.2, 0.25) is 5.02 Å². The van der Waals surface area contributed by atoms with Crippen LogP contribution < -0.4 is 5.32 Å². The predicted octanol–water partition coefficient (Wildman–Crippen LogP) is 4.46. The van der Waals surface area contributed by atoms with E-state index in [-0.39, 0.29) is 5.75 Å². The van der Waals surface area contributed by atoms with Crippen molar-refractivity contribution in [2.24, 2.45) is 0 Å². The number of hydrogen-bond donors (Lipinski definition) is 2. The molecule has 0 saturated heterocycles. The zero-order valence-corrected chi connectivity index (χ0v) is 12.8. The molecule has 2 aromatic carbocycles. The summed E-state index contributed by atoms with van der Waals surface area (Å²) >= 11 is 5.92. The quantitative estimate of drug-likeness (QED) is 0.876. The minimum atomic E-state index is -0.496. The van der Waals surface area contributed by atoms with Crippen LogP contribution in [0.15, 0.2) is 42.5 Å². The first-order valence-corrected chi connectivity index (χ1v) is 7.03. The summed E-state index contributed by atoms with van der Waals surface area (Å²) in [6.07, 6.45) is 0. The van der Waals surface area contributed by atoms with Crippen LogP contribution in [-0.4, -0.2) is 5.11 Å². The van der Waals surface area contributed by atoms with Gasteiger partial charge in [0.2, 0.25) is 0 Å². The van der Waals surface area contributed by atoms with E-state index < -0.39 is 5.41 Å². The monoisotopic (exact) mass is 300 g/mol. The second kappa shape index (κ2) is 6.07. The van der Waals surface area contributed by atoms with Gasteiger partial charge in [-0.15, -0.1) is 0 Å². The Morgan fingerprint density at radius 1 is 1.19 bits per heavy atom. The van der Waals surface area contributed by atoms with Crippen LogP contribution >= 0.6 is 11.6 Å². The summed E-state index contributed by atoms with van der Waals surface area (Å²) < 4.78 is 0. The number of benzene rings is 2. The van der Waals surface area contributed by atoms with Crippen molar-refractivity contribution in [3.8, 4) is 11.8 Å². The van der Waals surface area contributed by atoms with Gasteiger partial charge in [0.25, 0.3) is 0 Å². The van der Waals surface area contributed by atoms with E-state index in [1.54, 1.807) is 18.2 Å². The molecular weight excluding hydrogens is 284 g/mol. The van der Waals surface area contributed by atoms with Gasteiger partial charge in [-0.3, -0.25) is 0 Å². The Morgan fingerprint density at radius 3 is 2.48 bits per heavy atom.